The van der Waals surface area contributed by atoms with Crippen LogP contribution < -0.4 is 0 Å². The fourth-order valence-corrected chi connectivity index (χ4v) is 1.85. The second-order valence-corrected chi connectivity index (χ2v) is 4.42. The molecule has 1 aliphatic heterocycles. The number of rotatable bonds is 4. The first-order valence-electron chi connectivity index (χ1n) is 6.13. The van der Waals surface area contributed by atoms with Crippen LogP contribution in [0.2, 0.25) is 0 Å². The number of ether oxygens (including phenoxy) is 4. The van der Waals surface area contributed by atoms with Crippen LogP contribution in [0.4, 0.5) is 8.78 Å². The molecule has 1 rings (SSSR count). The van der Waals surface area contributed by atoms with Gasteiger partial charge in [-0.1, -0.05) is 0 Å². The SMILES string of the molecule is CC(=O)OC[C@H]1O[C@@H](F)[C@H](F)[C@@H](OC(C)=O)[C@H]1OC(C)=O. The smallest absolute Gasteiger partial charge is 0.303 e. The van der Waals surface area contributed by atoms with Gasteiger partial charge < -0.3 is 18.9 Å². The average molecular weight is 310 g/mol. The summed E-state index contributed by atoms with van der Waals surface area (Å²) in [5, 5.41) is 0. The monoisotopic (exact) mass is 310 g/mol. The summed E-state index contributed by atoms with van der Waals surface area (Å²) in [6.07, 6.45) is -9.12. The molecule has 0 aromatic carbocycles. The van der Waals surface area contributed by atoms with Gasteiger partial charge >= 0.3 is 17.9 Å². The maximum atomic E-state index is 13.8. The van der Waals surface area contributed by atoms with Crippen molar-refractivity contribution in [2.45, 2.75) is 51.6 Å². The van der Waals surface area contributed by atoms with E-state index >= 15 is 0 Å². The van der Waals surface area contributed by atoms with E-state index in [1.807, 2.05) is 0 Å². The van der Waals surface area contributed by atoms with E-state index in [1.165, 1.54) is 0 Å². The van der Waals surface area contributed by atoms with E-state index in [-0.39, 0.29) is 0 Å². The third kappa shape index (κ3) is 4.92. The van der Waals surface area contributed by atoms with Crippen molar-refractivity contribution in [3.63, 3.8) is 0 Å². The lowest BCUT2D eigenvalue weighted by molar-refractivity contribution is -0.259. The number of carbonyl (C=O) groups excluding carboxylic acids is 3. The summed E-state index contributed by atoms with van der Waals surface area (Å²) in [6.45, 7) is 2.68. The Bertz CT molecular complexity index is 414. The molecule has 0 saturated carbocycles. The zero-order chi connectivity index (χ0) is 16.2. The largest absolute Gasteiger partial charge is 0.463 e. The highest BCUT2D eigenvalue weighted by molar-refractivity contribution is 5.67. The highest BCUT2D eigenvalue weighted by Crippen LogP contribution is 2.29. The number of hydrogen-bond donors (Lipinski definition) is 0. The quantitative estimate of drug-likeness (QED) is 0.550. The number of carbonyl (C=O) groups is 3. The van der Waals surface area contributed by atoms with E-state index < -0.39 is 55.4 Å². The molecule has 0 N–H and O–H groups in total. The first kappa shape index (κ1) is 17.3. The van der Waals surface area contributed by atoms with Crippen molar-refractivity contribution >= 4 is 17.9 Å². The minimum Gasteiger partial charge on any atom is -0.463 e. The summed E-state index contributed by atoms with van der Waals surface area (Å²) in [5.41, 5.74) is 0. The standard InChI is InChI=1S/C12H16F2O7/c1-5(15)18-4-8-10(19-6(2)16)11(20-7(3)17)9(13)12(14)21-8/h8-12H,4H2,1-3H3/t8-,9-,10+,11-,12-/m1/s1. The van der Waals surface area contributed by atoms with Crippen molar-refractivity contribution in [2.75, 3.05) is 6.61 Å². The molecule has 1 fully saturated rings. The summed E-state index contributed by atoms with van der Waals surface area (Å²) >= 11 is 0. The molecule has 5 atom stereocenters. The molecule has 1 saturated heterocycles. The lowest BCUT2D eigenvalue weighted by Crippen LogP contribution is -2.58. The highest BCUT2D eigenvalue weighted by atomic mass is 19.2. The van der Waals surface area contributed by atoms with E-state index in [9.17, 15) is 23.2 Å². The van der Waals surface area contributed by atoms with Crippen molar-refractivity contribution in [3.05, 3.63) is 0 Å². The van der Waals surface area contributed by atoms with E-state index in [0.717, 1.165) is 20.8 Å². The van der Waals surface area contributed by atoms with Crippen LogP contribution in [-0.4, -0.2) is 55.4 Å². The fraction of sp³-hybridized carbons (Fsp3) is 0.750. The molecule has 120 valence electrons. The van der Waals surface area contributed by atoms with Crippen LogP contribution in [0.15, 0.2) is 0 Å². The maximum Gasteiger partial charge on any atom is 0.303 e. The lowest BCUT2D eigenvalue weighted by atomic mass is 10.00. The summed E-state index contributed by atoms with van der Waals surface area (Å²) in [5.74, 6) is -2.36. The summed E-state index contributed by atoms with van der Waals surface area (Å²) in [7, 11) is 0. The Labute approximate surface area is 119 Å². The van der Waals surface area contributed by atoms with E-state index in [2.05, 4.69) is 14.2 Å². The van der Waals surface area contributed by atoms with E-state index in [4.69, 9.17) is 4.74 Å². The van der Waals surface area contributed by atoms with Crippen LogP contribution in [-0.2, 0) is 33.3 Å². The van der Waals surface area contributed by atoms with Crippen molar-refractivity contribution in [1.29, 1.82) is 0 Å². The van der Waals surface area contributed by atoms with Gasteiger partial charge in [0, 0.05) is 20.8 Å². The Morgan fingerprint density at radius 2 is 1.48 bits per heavy atom. The number of hydrogen-bond acceptors (Lipinski definition) is 7. The number of halogens is 2. The third-order valence-corrected chi connectivity index (χ3v) is 2.61. The van der Waals surface area contributed by atoms with Crippen LogP contribution in [0.25, 0.3) is 0 Å². The molecule has 1 aliphatic rings. The van der Waals surface area contributed by atoms with Gasteiger partial charge in [0.05, 0.1) is 0 Å². The van der Waals surface area contributed by atoms with Crippen molar-refractivity contribution in [1.82, 2.24) is 0 Å². The van der Waals surface area contributed by atoms with Crippen LogP contribution in [0, 0.1) is 0 Å². The van der Waals surface area contributed by atoms with E-state index in [0.29, 0.717) is 0 Å². The van der Waals surface area contributed by atoms with Gasteiger partial charge in [-0.05, 0) is 0 Å². The molecule has 9 heteroatoms. The van der Waals surface area contributed by atoms with Crippen LogP contribution in [0.5, 0.6) is 0 Å². The molecule has 0 amide bonds. The Hall–Kier alpha value is -1.77. The Kier molecular flexibility index (Phi) is 6.01. The highest BCUT2D eigenvalue weighted by Gasteiger charge is 2.51. The Balaban J connectivity index is 2.94. The molecule has 7 nitrogen and oxygen atoms in total. The first-order chi connectivity index (χ1) is 9.72. The zero-order valence-corrected chi connectivity index (χ0v) is 11.7. The van der Waals surface area contributed by atoms with Gasteiger partial charge in [-0.15, -0.1) is 0 Å². The molecule has 1 heterocycles. The van der Waals surface area contributed by atoms with Crippen LogP contribution in [0.1, 0.15) is 20.8 Å². The van der Waals surface area contributed by atoms with Gasteiger partial charge in [0.2, 0.25) is 6.36 Å². The van der Waals surface area contributed by atoms with Crippen molar-refractivity contribution in [3.8, 4) is 0 Å². The summed E-state index contributed by atoms with van der Waals surface area (Å²) < 4.78 is 46.1. The second-order valence-electron chi connectivity index (χ2n) is 4.42. The van der Waals surface area contributed by atoms with Crippen molar-refractivity contribution in [2.24, 2.45) is 0 Å². The minimum atomic E-state index is -2.40. The van der Waals surface area contributed by atoms with Gasteiger partial charge in [-0.2, -0.15) is 0 Å². The summed E-state index contributed by atoms with van der Waals surface area (Å²) in [6, 6.07) is 0. The van der Waals surface area contributed by atoms with Gasteiger partial charge in [-0.25, -0.2) is 8.78 Å². The maximum absolute atomic E-state index is 13.8. The fourth-order valence-electron chi connectivity index (χ4n) is 1.85. The second kappa shape index (κ2) is 7.30. The zero-order valence-electron chi connectivity index (χ0n) is 11.7. The Morgan fingerprint density at radius 1 is 0.952 bits per heavy atom. The predicted molar refractivity (Wildman–Crippen MR) is 62.4 cm³/mol. The number of esters is 3. The van der Waals surface area contributed by atoms with Gasteiger partial charge in [-0.3, -0.25) is 14.4 Å². The minimum absolute atomic E-state index is 0.474. The lowest BCUT2D eigenvalue weighted by Gasteiger charge is -2.39. The average Bonchev–Trinajstić information content (AvgIpc) is 2.35. The molecule has 0 radical (unpaired) electrons. The Morgan fingerprint density at radius 3 is 1.95 bits per heavy atom. The predicted octanol–water partition coefficient (Wildman–Crippen LogP) is 0.445. The molecule has 0 spiro atoms. The molecule has 0 aromatic heterocycles. The molecule has 21 heavy (non-hydrogen) atoms. The van der Waals surface area contributed by atoms with Gasteiger partial charge in [0.1, 0.15) is 12.7 Å². The molecule has 0 aromatic rings. The molecule has 0 aliphatic carbocycles. The topological polar surface area (TPSA) is 88.1 Å². The van der Waals surface area contributed by atoms with Gasteiger partial charge in [0.15, 0.2) is 18.4 Å². The summed E-state index contributed by atoms with van der Waals surface area (Å²) in [4.78, 5) is 32.8. The van der Waals surface area contributed by atoms with Crippen LogP contribution in [0.3, 0.4) is 0 Å². The van der Waals surface area contributed by atoms with Crippen molar-refractivity contribution < 1.29 is 42.1 Å². The molecular weight excluding hydrogens is 294 g/mol. The molecule has 0 unspecified atom stereocenters. The van der Waals surface area contributed by atoms with Crippen LogP contribution >= 0.6 is 0 Å². The van der Waals surface area contributed by atoms with E-state index in [1.54, 1.807) is 0 Å². The normalized spacial score (nSPS) is 32.1. The van der Waals surface area contributed by atoms with Gasteiger partial charge in [0.25, 0.3) is 0 Å². The number of alkyl halides is 2. The third-order valence-electron chi connectivity index (χ3n) is 2.61. The molecule has 0 bridgehead atoms. The molecular formula is C12H16F2O7. The first-order valence-corrected chi connectivity index (χ1v) is 6.13.